The van der Waals surface area contributed by atoms with E-state index < -0.39 is 0 Å². The van der Waals surface area contributed by atoms with Crippen LogP contribution in [-0.4, -0.2) is 26.9 Å². The Kier molecular flexibility index (Phi) is 2.85. The SMILES string of the molecule is CCOC(=O)Cc1cn2cc(C)ncc2n1. The molecule has 2 heterocycles. The molecule has 0 unspecified atom stereocenters. The maximum atomic E-state index is 11.3. The van der Waals surface area contributed by atoms with E-state index in [0.29, 0.717) is 12.3 Å². The van der Waals surface area contributed by atoms with E-state index in [1.54, 1.807) is 13.1 Å². The van der Waals surface area contributed by atoms with Gasteiger partial charge in [-0.25, -0.2) is 4.98 Å². The molecule has 0 spiro atoms. The molecule has 2 aromatic rings. The topological polar surface area (TPSA) is 56.5 Å². The molecular weight excluding hydrogens is 206 g/mol. The first-order chi connectivity index (χ1) is 7.69. The van der Waals surface area contributed by atoms with E-state index in [4.69, 9.17) is 4.74 Å². The number of carbonyl (C=O) groups excluding carboxylic acids is 1. The lowest BCUT2D eigenvalue weighted by atomic mass is 10.3. The fourth-order valence-electron chi connectivity index (χ4n) is 1.50. The van der Waals surface area contributed by atoms with Gasteiger partial charge in [-0.05, 0) is 13.8 Å². The molecule has 2 rings (SSSR count). The second-order valence-corrected chi connectivity index (χ2v) is 3.51. The van der Waals surface area contributed by atoms with Crippen LogP contribution in [0.4, 0.5) is 0 Å². The van der Waals surface area contributed by atoms with Crippen LogP contribution >= 0.6 is 0 Å². The minimum atomic E-state index is -0.254. The summed E-state index contributed by atoms with van der Waals surface area (Å²) in [5.41, 5.74) is 2.35. The standard InChI is InChI=1S/C11H13N3O2/c1-3-16-11(15)4-9-7-14-6-8(2)12-5-10(14)13-9/h5-7H,3-4H2,1-2H3. The van der Waals surface area contributed by atoms with E-state index in [0.717, 1.165) is 11.3 Å². The third-order valence-corrected chi connectivity index (χ3v) is 2.15. The summed E-state index contributed by atoms with van der Waals surface area (Å²) in [4.78, 5) is 19.7. The number of ether oxygens (including phenoxy) is 1. The molecule has 0 aromatic carbocycles. The number of carbonyl (C=O) groups is 1. The minimum absolute atomic E-state index is 0.203. The van der Waals surface area contributed by atoms with Crippen LogP contribution < -0.4 is 0 Å². The summed E-state index contributed by atoms with van der Waals surface area (Å²) in [6.07, 6.45) is 5.58. The van der Waals surface area contributed by atoms with Crippen molar-refractivity contribution in [2.75, 3.05) is 6.61 Å². The summed E-state index contributed by atoms with van der Waals surface area (Å²) in [7, 11) is 0. The summed E-state index contributed by atoms with van der Waals surface area (Å²) < 4.78 is 6.72. The number of imidazole rings is 1. The predicted octanol–water partition coefficient (Wildman–Crippen LogP) is 1.14. The average Bonchev–Trinajstić information content (AvgIpc) is 2.59. The largest absolute Gasteiger partial charge is 0.466 e. The number of nitrogens with zero attached hydrogens (tertiary/aromatic N) is 3. The third kappa shape index (κ3) is 2.18. The molecule has 16 heavy (non-hydrogen) atoms. The van der Waals surface area contributed by atoms with E-state index in [-0.39, 0.29) is 12.4 Å². The molecule has 0 N–H and O–H groups in total. The Hall–Kier alpha value is -1.91. The first-order valence-electron chi connectivity index (χ1n) is 5.15. The van der Waals surface area contributed by atoms with Crippen molar-refractivity contribution in [2.24, 2.45) is 0 Å². The molecule has 5 heteroatoms. The number of aryl methyl sites for hydroxylation is 1. The van der Waals surface area contributed by atoms with Crippen LogP contribution in [0.3, 0.4) is 0 Å². The zero-order chi connectivity index (χ0) is 11.5. The van der Waals surface area contributed by atoms with Crippen LogP contribution in [0, 0.1) is 6.92 Å². The fourth-order valence-corrected chi connectivity index (χ4v) is 1.50. The number of aromatic nitrogens is 3. The van der Waals surface area contributed by atoms with E-state index in [2.05, 4.69) is 9.97 Å². The molecule has 0 aliphatic carbocycles. The van der Waals surface area contributed by atoms with Crippen LogP contribution in [0.2, 0.25) is 0 Å². The molecule has 84 valence electrons. The van der Waals surface area contributed by atoms with E-state index in [1.165, 1.54) is 0 Å². The highest BCUT2D eigenvalue weighted by atomic mass is 16.5. The first-order valence-corrected chi connectivity index (χ1v) is 5.15. The van der Waals surface area contributed by atoms with Gasteiger partial charge in [-0.15, -0.1) is 0 Å². The number of hydrogen-bond donors (Lipinski definition) is 0. The first kappa shape index (κ1) is 10.6. The zero-order valence-electron chi connectivity index (χ0n) is 9.30. The summed E-state index contributed by atoms with van der Waals surface area (Å²) in [6, 6.07) is 0. The van der Waals surface area contributed by atoms with Gasteiger partial charge in [0.05, 0.1) is 30.6 Å². The molecule has 0 atom stereocenters. The van der Waals surface area contributed by atoms with Crippen molar-refractivity contribution in [3.05, 3.63) is 30.0 Å². The van der Waals surface area contributed by atoms with Gasteiger partial charge in [0, 0.05) is 12.4 Å². The van der Waals surface area contributed by atoms with Crippen molar-refractivity contribution < 1.29 is 9.53 Å². The molecule has 0 amide bonds. The maximum Gasteiger partial charge on any atom is 0.311 e. The van der Waals surface area contributed by atoms with Crippen molar-refractivity contribution in [1.29, 1.82) is 0 Å². The van der Waals surface area contributed by atoms with Crippen molar-refractivity contribution in [3.8, 4) is 0 Å². The summed E-state index contributed by atoms with van der Waals surface area (Å²) in [5.74, 6) is -0.254. The Morgan fingerprint density at radius 2 is 2.31 bits per heavy atom. The average molecular weight is 219 g/mol. The molecular formula is C11H13N3O2. The van der Waals surface area contributed by atoms with Crippen molar-refractivity contribution in [1.82, 2.24) is 14.4 Å². The molecule has 0 saturated heterocycles. The van der Waals surface area contributed by atoms with Gasteiger partial charge in [-0.2, -0.15) is 0 Å². The number of fused-ring (bicyclic) bond motifs is 1. The predicted molar refractivity (Wildman–Crippen MR) is 58.1 cm³/mol. The van der Waals surface area contributed by atoms with Crippen LogP contribution in [0.25, 0.3) is 5.65 Å². The monoisotopic (exact) mass is 219 g/mol. The van der Waals surface area contributed by atoms with Crippen molar-refractivity contribution in [3.63, 3.8) is 0 Å². The smallest absolute Gasteiger partial charge is 0.311 e. The van der Waals surface area contributed by atoms with Gasteiger partial charge in [-0.1, -0.05) is 0 Å². The van der Waals surface area contributed by atoms with Crippen LogP contribution in [0.5, 0.6) is 0 Å². The molecule has 0 aliphatic heterocycles. The van der Waals surface area contributed by atoms with E-state index in [1.807, 2.05) is 23.7 Å². The Bertz CT molecular complexity index is 519. The lowest BCUT2D eigenvalue weighted by Gasteiger charge is -1.97. The fraction of sp³-hybridized carbons (Fsp3) is 0.364. The highest BCUT2D eigenvalue weighted by Crippen LogP contribution is 2.06. The Morgan fingerprint density at radius 3 is 3.06 bits per heavy atom. The Morgan fingerprint density at radius 1 is 1.50 bits per heavy atom. The summed E-state index contributed by atoms with van der Waals surface area (Å²) >= 11 is 0. The molecule has 0 aliphatic rings. The zero-order valence-corrected chi connectivity index (χ0v) is 9.30. The number of hydrogen-bond acceptors (Lipinski definition) is 4. The second-order valence-electron chi connectivity index (χ2n) is 3.51. The maximum absolute atomic E-state index is 11.3. The van der Waals surface area contributed by atoms with Crippen molar-refractivity contribution >= 4 is 11.6 Å². The molecule has 0 fully saturated rings. The lowest BCUT2D eigenvalue weighted by Crippen LogP contribution is -2.07. The van der Waals surface area contributed by atoms with Gasteiger partial charge >= 0.3 is 5.97 Å². The van der Waals surface area contributed by atoms with Gasteiger partial charge in [0.1, 0.15) is 0 Å². The van der Waals surface area contributed by atoms with Gasteiger partial charge in [0.2, 0.25) is 0 Å². The quantitative estimate of drug-likeness (QED) is 0.726. The minimum Gasteiger partial charge on any atom is -0.466 e. The van der Waals surface area contributed by atoms with E-state index >= 15 is 0 Å². The Balaban J connectivity index is 2.23. The van der Waals surface area contributed by atoms with Crippen molar-refractivity contribution in [2.45, 2.75) is 20.3 Å². The normalized spacial score (nSPS) is 10.6. The van der Waals surface area contributed by atoms with Gasteiger partial charge in [-0.3, -0.25) is 9.78 Å². The Labute approximate surface area is 93.1 Å². The summed E-state index contributed by atoms with van der Waals surface area (Å²) in [6.45, 7) is 4.09. The van der Waals surface area contributed by atoms with Crippen LogP contribution in [-0.2, 0) is 16.0 Å². The van der Waals surface area contributed by atoms with Crippen LogP contribution in [0.1, 0.15) is 18.3 Å². The van der Waals surface area contributed by atoms with Crippen LogP contribution in [0.15, 0.2) is 18.6 Å². The molecule has 0 bridgehead atoms. The lowest BCUT2D eigenvalue weighted by molar-refractivity contribution is -0.142. The number of esters is 1. The summed E-state index contributed by atoms with van der Waals surface area (Å²) in [5, 5.41) is 0. The molecule has 5 nitrogen and oxygen atoms in total. The second kappa shape index (κ2) is 4.30. The van der Waals surface area contributed by atoms with Gasteiger partial charge in [0.25, 0.3) is 0 Å². The molecule has 0 radical (unpaired) electrons. The highest BCUT2D eigenvalue weighted by Gasteiger charge is 2.08. The van der Waals surface area contributed by atoms with Gasteiger partial charge < -0.3 is 9.14 Å². The van der Waals surface area contributed by atoms with E-state index in [9.17, 15) is 4.79 Å². The number of rotatable bonds is 3. The third-order valence-electron chi connectivity index (χ3n) is 2.15. The molecule has 2 aromatic heterocycles. The highest BCUT2D eigenvalue weighted by molar-refractivity contribution is 5.72. The van der Waals surface area contributed by atoms with Gasteiger partial charge in [0.15, 0.2) is 5.65 Å². The molecule has 0 saturated carbocycles.